The molecule has 2 unspecified atom stereocenters. The maximum atomic E-state index is 10.3. The van der Waals surface area contributed by atoms with Crippen LogP contribution in [0.4, 0.5) is 0 Å². The summed E-state index contributed by atoms with van der Waals surface area (Å²) >= 11 is 0. The molecule has 20 heavy (non-hydrogen) atoms. The Kier molecular flexibility index (Phi) is 2.52. The lowest BCUT2D eigenvalue weighted by molar-refractivity contribution is -0.118. The van der Waals surface area contributed by atoms with Gasteiger partial charge in [-0.25, -0.2) is 0 Å². The van der Waals surface area contributed by atoms with Gasteiger partial charge < -0.3 is 14.9 Å². The SMILES string of the molecule is C[C@]12CCC3(CC1CC[C@@H]2O)OCc1cc(O)ccc13. The summed E-state index contributed by atoms with van der Waals surface area (Å²) in [4.78, 5) is 0. The molecule has 4 rings (SSSR count). The smallest absolute Gasteiger partial charge is 0.115 e. The number of fused-ring (bicyclic) bond motifs is 3. The lowest BCUT2D eigenvalue weighted by atomic mass is 9.62. The summed E-state index contributed by atoms with van der Waals surface area (Å²) in [7, 11) is 0. The topological polar surface area (TPSA) is 49.7 Å². The average molecular weight is 274 g/mol. The molecule has 108 valence electrons. The molecule has 2 saturated carbocycles. The van der Waals surface area contributed by atoms with E-state index in [1.54, 1.807) is 6.07 Å². The van der Waals surface area contributed by atoms with Gasteiger partial charge in [-0.05, 0) is 66.7 Å². The van der Waals surface area contributed by atoms with E-state index in [4.69, 9.17) is 4.74 Å². The Morgan fingerprint density at radius 3 is 2.95 bits per heavy atom. The van der Waals surface area contributed by atoms with Gasteiger partial charge in [0, 0.05) is 0 Å². The fourth-order valence-electron chi connectivity index (χ4n) is 4.78. The van der Waals surface area contributed by atoms with E-state index < -0.39 is 0 Å². The normalized spacial score (nSPS) is 42.7. The standard InChI is InChI=1S/C17H22O3/c1-16-6-7-17(9-12(16)2-5-15(16)19)14-4-3-13(18)8-11(14)10-20-17/h3-4,8,12,15,18-19H,2,5-7,9-10H2,1H3/t12?,15-,16-,17?/m0/s1. The Balaban J connectivity index is 1.69. The molecule has 0 amide bonds. The summed E-state index contributed by atoms with van der Waals surface area (Å²) < 4.78 is 6.20. The van der Waals surface area contributed by atoms with Gasteiger partial charge in [0.25, 0.3) is 0 Å². The first-order chi connectivity index (χ1) is 9.53. The summed E-state index contributed by atoms with van der Waals surface area (Å²) in [5.41, 5.74) is 2.30. The first-order valence-electron chi connectivity index (χ1n) is 7.68. The Hall–Kier alpha value is -1.06. The monoisotopic (exact) mass is 274 g/mol. The molecule has 3 nitrogen and oxygen atoms in total. The van der Waals surface area contributed by atoms with Gasteiger partial charge in [-0.15, -0.1) is 0 Å². The predicted molar refractivity (Wildman–Crippen MR) is 75.3 cm³/mol. The molecule has 2 N–H and O–H groups in total. The van der Waals surface area contributed by atoms with Crippen LogP contribution in [0.5, 0.6) is 5.75 Å². The van der Waals surface area contributed by atoms with Crippen LogP contribution in [0.15, 0.2) is 18.2 Å². The van der Waals surface area contributed by atoms with Crippen LogP contribution in [-0.4, -0.2) is 16.3 Å². The highest BCUT2D eigenvalue weighted by atomic mass is 16.5. The highest BCUT2D eigenvalue weighted by Gasteiger charge is 2.55. The van der Waals surface area contributed by atoms with E-state index in [0.717, 1.165) is 37.7 Å². The predicted octanol–water partition coefficient (Wildman–Crippen LogP) is 3.08. The summed E-state index contributed by atoms with van der Waals surface area (Å²) in [6.07, 6.45) is 4.91. The number of benzene rings is 1. The van der Waals surface area contributed by atoms with Crippen molar-refractivity contribution in [3.8, 4) is 5.75 Å². The fraction of sp³-hybridized carbons (Fsp3) is 0.647. The first kappa shape index (κ1) is 12.7. The summed E-state index contributed by atoms with van der Waals surface area (Å²) in [5, 5.41) is 19.9. The maximum Gasteiger partial charge on any atom is 0.115 e. The molecule has 2 fully saturated rings. The maximum absolute atomic E-state index is 10.3. The van der Waals surface area contributed by atoms with Crippen LogP contribution < -0.4 is 0 Å². The molecule has 1 spiro atoms. The number of ether oxygens (including phenoxy) is 1. The molecule has 0 saturated heterocycles. The molecular weight excluding hydrogens is 252 g/mol. The Bertz CT molecular complexity index is 555. The number of aliphatic hydroxyl groups is 1. The summed E-state index contributed by atoms with van der Waals surface area (Å²) in [6.45, 7) is 2.85. The van der Waals surface area contributed by atoms with Gasteiger partial charge in [-0.2, -0.15) is 0 Å². The van der Waals surface area contributed by atoms with Crippen LogP contribution in [0.1, 0.15) is 50.2 Å². The third-order valence-corrected chi connectivity index (χ3v) is 6.21. The average Bonchev–Trinajstić information content (AvgIpc) is 2.91. The Labute approximate surface area is 119 Å². The van der Waals surface area contributed by atoms with Crippen LogP contribution >= 0.6 is 0 Å². The number of aliphatic hydroxyl groups excluding tert-OH is 1. The summed E-state index contributed by atoms with van der Waals surface area (Å²) in [5.74, 6) is 0.868. The highest BCUT2D eigenvalue weighted by molar-refractivity contribution is 5.41. The van der Waals surface area contributed by atoms with E-state index in [0.29, 0.717) is 18.3 Å². The number of phenols is 1. The van der Waals surface area contributed by atoms with Crippen molar-refractivity contribution in [1.82, 2.24) is 0 Å². The number of hydrogen-bond donors (Lipinski definition) is 2. The van der Waals surface area contributed by atoms with Gasteiger partial charge in [0.2, 0.25) is 0 Å². The van der Waals surface area contributed by atoms with E-state index in [1.807, 2.05) is 12.1 Å². The van der Waals surface area contributed by atoms with Crippen molar-refractivity contribution in [2.75, 3.05) is 0 Å². The minimum absolute atomic E-state index is 0.0777. The lowest BCUT2D eigenvalue weighted by Gasteiger charge is -2.46. The van der Waals surface area contributed by atoms with Crippen molar-refractivity contribution in [1.29, 1.82) is 0 Å². The van der Waals surface area contributed by atoms with Gasteiger partial charge >= 0.3 is 0 Å². The van der Waals surface area contributed by atoms with Gasteiger partial charge in [-0.3, -0.25) is 0 Å². The van der Waals surface area contributed by atoms with Gasteiger partial charge in [0.1, 0.15) is 5.75 Å². The lowest BCUT2D eigenvalue weighted by Crippen LogP contribution is -2.43. The molecule has 0 radical (unpaired) electrons. The van der Waals surface area contributed by atoms with Crippen LogP contribution in [0.25, 0.3) is 0 Å². The molecule has 1 heterocycles. The largest absolute Gasteiger partial charge is 0.508 e. The fourth-order valence-corrected chi connectivity index (χ4v) is 4.78. The van der Waals surface area contributed by atoms with Crippen molar-refractivity contribution in [3.05, 3.63) is 29.3 Å². The number of rotatable bonds is 0. The summed E-state index contributed by atoms with van der Waals surface area (Å²) in [6, 6.07) is 5.64. The second-order valence-electron chi connectivity index (χ2n) is 7.12. The van der Waals surface area contributed by atoms with E-state index in [-0.39, 0.29) is 17.1 Å². The van der Waals surface area contributed by atoms with Crippen LogP contribution in [0.3, 0.4) is 0 Å². The number of aromatic hydroxyl groups is 1. The Morgan fingerprint density at radius 1 is 1.25 bits per heavy atom. The molecule has 0 aromatic heterocycles. The van der Waals surface area contributed by atoms with Gasteiger partial charge in [-0.1, -0.05) is 13.0 Å². The van der Waals surface area contributed by atoms with Gasteiger partial charge in [0.15, 0.2) is 0 Å². The zero-order chi connectivity index (χ0) is 14.0. The molecule has 3 aliphatic rings. The van der Waals surface area contributed by atoms with Crippen molar-refractivity contribution >= 4 is 0 Å². The molecule has 3 heteroatoms. The molecular formula is C17H22O3. The molecule has 0 bridgehead atoms. The second kappa shape index (κ2) is 3.99. The molecule has 1 aromatic carbocycles. The highest BCUT2D eigenvalue weighted by Crippen LogP contribution is 2.59. The number of phenolic OH excluding ortho intramolecular Hbond substituents is 1. The van der Waals surface area contributed by atoms with Gasteiger partial charge in [0.05, 0.1) is 18.3 Å². The Morgan fingerprint density at radius 2 is 2.10 bits per heavy atom. The zero-order valence-corrected chi connectivity index (χ0v) is 11.9. The molecule has 1 aromatic rings. The van der Waals surface area contributed by atoms with Crippen LogP contribution in [0, 0.1) is 11.3 Å². The third kappa shape index (κ3) is 1.54. The van der Waals surface area contributed by atoms with Crippen molar-refractivity contribution in [2.45, 2.75) is 57.3 Å². The minimum atomic E-state index is -0.169. The van der Waals surface area contributed by atoms with Crippen molar-refractivity contribution < 1.29 is 14.9 Å². The molecule has 4 atom stereocenters. The second-order valence-corrected chi connectivity index (χ2v) is 7.12. The van der Waals surface area contributed by atoms with E-state index in [2.05, 4.69) is 6.92 Å². The van der Waals surface area contributed by atoms with Crippen molar-refractivity contribution in [3.63, 3.8) is 0 Å². The van der Waals surface area contributed by atoms with E-state index in [9.17, 15) is 10.2 Å². The minimum Gasteiger partial charge on any atom is -0.508 e. The molecule has 2 aliphatic carbocycles. The van der Waals surface area contributed by atoms with Crippen LogP contribution in [0.2, 0.25) is 0 Å². The molecule has 1 aliphatic heterocycles. The van der Waals surface area contributed by atoms with Crippen molar-refractivity contribution in [2.24, 2.45) is 11.3 Å². The number of hydrogen-bond acceptors (Lipinski definition) is 3. The van der Waals surface area contributed by atoms with E-state index >= 15 is 0 Å². The quantitative estimate of drug-likeness (QED) is 0.764. The van der Waals surface area contributed by atoms with E-state index in [1.165, 1.54) is 5.56 Å². The zero-order valence-electron chi connectivity index (χ0n) is 11.9. The van der Waals surface area contributed by atoms with Crippen LogP contribution in [-0.2, 0) is 16.9 Å². The third-order valence-electron chi connectivity index (χ3n) is 6.21. The first-order valence-corrected chi connectivity index (χ1v) is 7.68.